The van der Waals surface area contributed by atoms with E-state index in [0.29, 0.717) is 6.10 Å². The van der Waals surface area contributed by atoms with Gasteiger partial charge >= 0.3 is 0 Å². The summed E-state index contributed by atoms with van der Waals surface area (Å²) >= 11 is 0. The summed E-state index contributed by atoms with van der Waals surface area (Å²) < 4.78 is 5.44. The Morgan fingerprint density at radius 1 is 1.12 bits per heavy atom. The van der Waals surface area contributed by atoms with E-state index in [9.17, 15) is 0 Å². The smallest absolute Gasteiger partial charge is 0.0546 e. The third-order valence-electron chi connectivity index (χ3n) is 4.06. The van der Waals surface area contributed by atoms with E-state index in [1.54, 1.807) is 0 Å². The number of methoxy groups -OCH3 is 1. The van der Waals surface area contributed by atoms with Gasteiger partial charge in [-0.25, -0.2) is 0 Å². The molecule has 1 fully saturated rings. The van der Waals surface area contributed by atoms with Crippen LogP contribution in [0.4, 0.5) is 0 Å². The Hall–Kier alpha value is -0.0800. The highest BCUT2D eigenvalue weighted by molar-refractivity contribution is 4.78. The Bertz CT molecular complexity index is 187. The summed E-state index contributed by atoms with van der Waals surface area (Å²) in [6.07, 6.45) is 7.36. The van der Waals surface area contributed by atoms with Gasteiger partial charge < -0.3 is 10.1 Å². The van der Waals surface area contributed by atoms with Crippen LogP contribution in [0, 0.1) is 17.8 Å². The number of nitrogens with one attached hydrogen (secondary N) is 1. The Balaban J connectivity index is 2.35. The van der Waals surface area contributed by atoms with Gasteiger partial charge in [0.25, 0.3) is 0 Å². The van der Waals surface area contributed by atoms with E-state index in [-0.39, 0.29) is 0 Å². The summed E-state index contributed by atoms with van der Waals surface area (Å²) in [6, 6.07) is 0. The van der Waals surface area contributed by atoms with Gasteiger partial charge in [0.15, 0.2) is 0 Å². The molecule has 2 unspecified atom stereocenters. The standard InChI is InChI=1S/C15H31NO/c1-12(2)10-16-11-15(9-13(3)17-4)14-7-5-6-8-14/h12-16H,5-11H2,1-4H3. The molecule has 0 aromatic carbocycles. The lowest BCUT2D eigenvalue weighted by Crippen LogP contribution is -2.32. The topological polar surface area (TPSA) is 21.3 Å². The second-order valence-electron chi connectivity index (χ2n) is 6.14. The van der Waals surface area contributed by atoms with Gasteiger partial charge in [-0.05, 0) is 44.2 Å². The average molecular weight is 241 g/mol. The van der Waals surface area contributed by atoms with Gasteiger partial charge in [-0.2, -0.15) is 0 Å². The van der Waals surface area contributed by atoms with Crippen LogP contribution in [0.1, 0.15) is 52.9 Å². The fraction of sp³-hybridized carbons (Fsp3) is 1.00. The monoisotopic (exact) mass is 241 g/mol. The normalized spacial score (nSPS) is 21.0. The highest BCUT2D eigenvalue weighted by Crippen LogP contribution is 2.33. The van der Waals surface area contributed by atoms with E-state index in [0.717, 1.165) is 24.3 Å². The van der Waals surface area contributed by atoms with E-state index in [4.69, 9.17) is 4.74 Å². The van der Waals surface area contributed by atoms with Crippen LogP contribution in [0.15, 0.2) is 0 Å². The molecule has 0 aromatic heterocycles. The minimum atomic E-state index is 0.404. The van der Waals surface area contributed by atoms with Gasteiger partial charge in [-0.3, -0.25) is 0 Å². The molecule has 17 heavy (non-hydrogen) atoms. The molecule has 0 amide bonds. The Morgan fingerprint density at radius 2 is 1.76 bits per heavy atom. The van der Waals surface area contributed by atoms with Crippen LogP contribution >= 0.6 is 0 Å². The number of ether oxygens (including phenoxy) is 1. The maximum Gasteiger partial charge on any atom is 0.0546 e. The van der Waals surface area contributed by atoms with E-state index in [1.165, 1.54) is 38.6 Å². The van der Waals surface area contributed by atoms with Gasteiger partial charge in [0.05, 0.1) is 6.10 Å². The number of hydrogen-bond acceptors (Lipinski definition) is 2. The zero-order chi connectivity index (χ0) is 12.7. The Labute approximate surface area is 108 Å². The first-order chi connectivity index (χ1) is 8.13. The second-order valence-corrected chi connectivity index (χ2v) is 6.14. The third-order valence-corrected chi connectivity index (χ3v) is 4.06. The summed E-state index contributed by atoms with van der Waals surface area (Å²) in [5.74, 6) is 2.50. The molecule has 0 aromatic rings. The van der Waals surface area contributed by atoms with Crippen LogP contribution in [-0.4, -0.2) is 26.3 Å². The molecule has 0 aliphatic heterocycles. The molecule has 0 heterocycles. The van der Waals surface area contributed by atoms with Crippen molar-refractivity contribution in [3.63, 3.8) is 0 Å². The molecule has 2 heteroatoms. The first-order valence-corrected chi connectivity index (χ1v) is 7.37. The highest BCUT2D eigenvalue weighted by atomic mass is 16.5. The Kier molecular flexibility index (Phi) is 7.14. The third kappa shape index (κ3) is 5.87. The van der Waals surface area contributed by atoms with Crippen LogP contribution in [-0.2, 0) is 4.74 Å². The van der Waals surface area contributed by atoms with Gasteiger partial charge in [-0.15, -0.1) is 0 Å². The predicted molar refractivity (Wildman–Crippen MR) is 74.2 cm³/mol. The number of hydrogen-bond donors (Lipinski definition) is 1. The van der Waals surface area contributed by atoms with Crippen LogP contribution < -0.4 is 5.32 Å². The number of rotatable bonds is 8. The van der Waals surface area contributed by atoms with E-state index in [2.05, 4.69) is 26.1 Å². The van der Waals surface area contributed by atoms with Crippen LogP contribution in [0.25, 0.3) is 0 Å². The maximum atomic E-state index is 5.44. The molecule has 1 saturated carbocycles. The summed E-state index contributed by atoms with van der Waals surface area (Å²) in [5.41, 5.74) is 0. The van der Waals surface area contributed by atoms with Gasteiger partial charge in [0.1, 0.15) is 0 Å². The molecular weight excluding hydrogens is 210 g/mol. The maximum absolute atomic E-state index is 5.44. The first kappa shape index (κ1) is 15.0. The van der Waals surface area contributed by atoms with Crippen LogP contribution in [0.2, 0.25) is 0 Å². The summed E-state index contributed by atoms with van der Waals surface area (Å²) in [5, 5.41) is 3.64. The first-order valence-electron chi connectivity index (χ1n) is 7.37. The summed E-state index contributed by atoms with van der Waals surface area (Å²) in [6.45, 7) is 9.07. The molecular formula is C15H31NO. The molecule has 1 rings (SSSR count). The zero-order valence-corrected chi connectivity index (χ0v) is 12.2. The quantitative estimate of drug-likeness (QED) is 0.702. The molecule has 0 radical (unpaired) electrons. The fourth-order valence-electron chi connectivity index (χ4n) is 2.95. The van der Waals surface area contributed by atoms with Crippen molar-refractivity contribution in [1.82, 2.24) is 5.32 Å². The van der Waals surface area contributed by atoms with Gasteiger partial charge in [0.2, 0.25) is 0 Å². The lowest BCUT2D eigenvalue weighted by Gasteiger charge is -2.26. The molecule has 0 spiro atoms. The zero-order valence-electron chi connectivity index (χ0n) is 12.2. The van der Waals surface area contributed by atoms with Gasteiger partial charge in [-0.1, -0.05) is 39.5 Å². The van der Waals surface area contributed by atoms with Crippen molar-refractivity contribution in [2.24, 2.45) is 17.8 Å². The minimum absolute atomic E-state index is 0.404. The molecule has 1 N–H and O–H groups in total. The molecule has 1 aliphatic carbocycles. The van der Waals surface area contributed by atoms with Crippen molar-refractivity contribution in [2.45, 2.75) is 59.0 Å². The van der Waals surface area contributed by atoms with Crippen LogP contribution in [0.5, 0.6) is 0 Å². The van der Waals surface area contributed by atoms with Crippen molar-refractivity contribution in [2.75, 3.05) is 20.2 Å². The fourth-order valence-corrected chi connectivity index (χ4v) is 2.95. The summed E-state index contributed by atoms with van der Waals surface area (Å²) in [7, 11) is 1.83. The average Bonchev–Trinajstić information content (AvgIpc) is 2.80. The lowest BCUT2D eigenvalue weighted by atomic mass is 9.86. The van der Waals surface area contributed by atoms with E-state index in [1.807, 2.05) is 7.11 Å². The molecule has 0 saturated heterocycles. The van der Waals surface area contributed by atoms with Crippen molar-refractivity contribution >= 4 is 0 Å². The summed E-state index contributed by atoms with van der Waals surface area (Å²) in [4.78, 5) is 0. The van der Waals surface area contributed by atoms with Crippen molar-refractivity contribution in [3.05, 3.63) is 0 Å². The molecule has 2 nitrogen and oxygen atoms in total. The van der Waals surface area contributed by atoms with E-state index >= 15 is 0 Å². The molecule has 102 valence electrons. The second kappa shape index (κ2) is 8.10. The largest absolute Gasteiger partial charge is 0.382 e. The van der Waals surface area contributed by atoms with Gasteiger partial charge in [0, 0.05) is 7.11 Å². The predicted octanol–water partition coefficient (Wildman–Crippen LogP) is 3.46. The van der Waals surface area contributed by atoms with Crippen molar-refractivity contribution in [3.8, 4) is 0 Å². The Morgan fingerprint density at radius 3 is 2.29 bits per heavy atom. The van der Waals surface area contributed by atoms with Crippen LogP contribution in [0.3, 0.4) is 0 Å². The lowest BCUT2D eigenvalue weighted by molar-refractivity contribution is 0.0832. The molecule has 2 atom stereocenters. The molecule has 0 bridgehead atoms. The van der Waals surface area contributed by atoms with E-state index < -0.39 is 0 Å². The molecule has 1 aliphatic rings. The SMILES string of the molecule is COC(C)CC(CNCC(C)C)C1CCCC1. The van der Waals surface area contributed by atoms with Crippen molar-refractivity contribution in [1.29, 1.82) is 0 Å². The highest BCUT2D eigenvalue weighted by Gasteiger charge is 2.26. The van der Waals surface area contributed by atoms with Crippen molar-refractivity contribution < 1.29 is 4.74 Å². The minimum Gasteiger partial charge on any atom is -0.382 e.